The van der Waals surface area contributed by atoms with Crippen LogP contribution in [0, 0.1) is 11.3 Å². The first-order valence-electron chi connectivity index (χ1n) is 6.06. The van der Waals surface area contributed by atoms with Crippen LogP contribution in [0.15, 0.2) is 55.6 Å². The Kier molecular flexibility index (Phi) is 3.94. The number of hydrogen-bond donors (Lipinski definition) is 0. The lowest BCUT2D eigenvalue weighted by Crippen LogP contribution is -2.25. The minimum atomic E-state index is 0.572. The summed E-state index contributed by atoms with van der Waals surface area (Å²) in [4.78, 5) is 6.57. The molecule has 0 bridgehead atoms. The van der Waals surface area contributed by atoms with E-state index in [0.29, 0.717) is 24.5 Å². The predicted molar refractivity (Wildman–Crippen MR) is 79.1 cm³/mol. The second-order valence-electron chi connectivity index (χ2n) is 4.15. The van der Waals surface area contributed by atoms with Crippen molar-refractivity contribution in [1.29, 1.82) is 5.26 Å². The molecule has 19 heavy (non-hydrogen) atoms. The van der Waals surface area contributed by atoms with Crippen LogP contribution in [0.5, 0.6) is 0 Å². The van der Waals surface area contributed by atoms with Gasteiger partial charge in [0.15, 0.2) is 0 Å². The first-order valence-corrected chi connectivity index (χ1v) is 6.06. The third-order valence-corrected chi connectivity index (χ3v) is 2.82. The third kappa shape index (κ3) is 2.63. The average molecular weight is 249 g/mol. The van der Waals surface area contributed by atoms with Gasteiger partial charge in [-0.2, -0.15) is 5.26 Å². The molecule has 0 atom stereocenters. The first kappa shape index (κ1) is 12.8. The summed E-state index contributed by atoms with van der Waals surface area (Å²) < 4.78 is 0. The van der Waals surface area contributed by atoms with Gasteiger partial charge in [-0.1, -0.05) is 30.4 Å². The van der Waals surface area contributed by atoms with Gasteiger partial charge in [0.1, 0.15) is 11.9 Å². The van der Waals surface area contributed by atoms with Gasteiger partial charge >= 0.3 is 0 Å². The van der Waals surface area contributed by atoms with Crippen LogP contribution in [0.3, 0.4) is 0 Å². The maximum absolute atomic E-state index is 9.29. The molecule has 0 spiro atoms. The second kappa shape index (κ2) is 5.83. The number of rotatable bonds is 5. The van der Waals surface area contributed by atoms with Gasteiger partial charge in [-0.3, -0.25) is 0 Å². The van der Waals surface area contributed by atoms with Crippen LogP contribution in [0.25, 0.3) is 10.9 Å². The molecule has 0 N–H and O–H groups in total. The molecule has 0 saturated heterocycles. The van der Waals surface area contributed by atoms with Crippen LogP contribution in [0.2, 0.25) is 0 Å². The Morgan fingerprint density at radius 3 is 2.53 bits per heavy atom. The molecule has 0 aliphatic rings. The van der Waals surface area contributed by atoms with E-state index >= 15 is 0 Å². The van der Waals surface area contributed by atoms with Crippen molar-refractivity contribution in [1.82, 2.24) is 4.98 Å². The summed E-state index contributed by atoms with van der Waals surface area (Å²) in [6.45, 7) is 8.74. The Bertz CT molecular complexity index is 643. The molecule has 0 fully saturated rings. The second-order valence-corrected chi connectivity index (χ2v) is 4.15. The van der Waals surface area contributed by atoms with Crippen LogP contribution >= 0.6 is 0 Å². The number of hydrogen-bond acceptors (Lipinski definition) is 3. The lowest BCUT2D eigenvalue weighted by Gasteiger charge is -2.21. The highest BCUT2D eigenvalue weighted by molar-refractivity contribution is 5.83. The predicted octanol–water partition coefficient (Wildman–Crippen LogP) is 3.28. The monoisotopic (exact) mass is 249 g/mol. The lowest BCUT2D eigenvalue weighted by atomic mass is 10.1. The van der Waals surface area contributed by atoms with Gasteiger partial charge in [0.05, 0.1) is 11.1 Å². The van der Waals surface area contributed by atoms with Gasteiger partial charge in [-0.05, 0) is 12.1 Å². The normalized spacial score (nSPS) is 9.84. The van der Waals surface area contributed by atoms with Crippen LogP contribution < -0.4 is 4.90 Å². The van der Waals surface area contributed by atoms with Crippen molar-refractivity contribution in [3.05, 3.63) is 61.2 Å². The van der Waals surface area contributed by atoms with E-state index in [4.69, 9.17) is 0 Å². The summed E-state index contributed by atoms with van der Waals surface area (Å²) in [5.74, 6) is 0.681. The highest BCUT2D eigenvalue weighted by Crippen LogP contribution is 2.23. The topological polar surface area (TPSA) is 39.9 Å². The lowest BCUT2D eigenvalue weighted by molar-refractivity contribution is 0.929. The molecule has 2 aromatic rings. The van der Waals surface area contributed by atoms with Gasteiger partial charge in [-0.25, -0.2) is 4.98 Å². The van der Waals surface area contributed by atoms with Crippen molar-refractivity contribution in [3.63, 3.8) is 0 Å². The van der Waals surface area contributed by atoms with E-state index in [2.05, 4.69) is 24.2 Å². The number of anilines is 1. The highest BCUT2D eigenvalue weighted by Gasteiger charge is 2.12. The van der Waals surface area contributed by atoms with Crippen molar-refractivity contribution < 1.29 is 0 Å². The quantitative estimate of drug-likeness (QED) is 0.763. The summed E-state index contributed by atoms with van der Waals surface area (Å²) in [6, 6.07) is 11.9. The Balaban J connectivity index is 2.59. The zero-order chi connectivity index (χ0) is 13.7. The summed E-state index contributed by atoms with van der Waals surface area (Å²) in [5.41, 5.74) is 1.46. The van der Waals surface area contributed by atoms with E-state index in [-0.39, 0.29) is 0 Å². The number of fused-ring (bicyclic) bond motifs is 1. The number of aromatic nitrogens is 1. The number of benzene rings is 1. The molecule has 3 heteroatoms. The number of pyridine rings is 1. The van der Waals surface area contributed by atoms with Crippen LogP contribution in [0.4, 0.5) is 5.82 Å². The van der Waals surface area contributed by atoms with Crippen molar-refractivity contribution >= 4 is 16.7 Å². The molecule has 2 rings (SSSR count). The van der Waals surface area contributed by atoms with Gasteiger partial charge in [0.2, 0.25) is 0 Å². The van der Waals surface area contributed by atoms with E-state index < -0.39 is 0 Å². The Labute approximate surface area is 113 Å². The highest BCUT2D eigenvalue weighted by atomic mass is 15.2. The van der Waals surface area contributed by atoms with E-state index in [0.717, 1.165) is 10.9 Å². The standard InChI is InChI=1S/C16H15N3/c1-3-9-19(10-4-2)16-14(12-17)11-13-7-5-6-8-15(13)18-16/h3-8,11H,1-2,9-10H2. The number of nitriles is 1. The zero-order valence-electron chi connectivity index (χ0n) is 10.7. The first-order chi connectivity index (χ1) is 9.30. The largest absolute Gasteiger partial charge is 0.348 e. The van der Waals surface area contributed by atoms with Gasteiger partial charge < -0.3 is 4.90 Å². The van der Waals surface area contributed by atoms with Crippen molar-refractivity contribution in [3.8, 4) is 6.07 Å². The fourth-order valence-corrected chi connectivity index (χ4v) is 1.99. The number of nitrogens with zero attached hydrogens (tertiary/aromatic N) is 3. The Morgan fingerprint density at radius 2 is 1.89 bits per heavy atom. The van der Waals surface area contributed by atoms with E-state index in [1.54, 1.807) is 12.2 Å². The Morgan fingerprint density at radius 1 is 1.21 bits per heavy atom. The molecular formula is C16H15N3. The Hall–Kier alpha value is -2.60. The molecule has 1 aromatic heterocycles. The molecule has 0 aliphatic heterocycles. The number of para-hydroxylation sites is 1. The minimum absolute atomic E-state index is 0.572. The van der Waals surface area contributed by atoms with Crippen LogP contribution in [0.1, 0.15) is 5.56 Å². The fraction of sp³-hybridized carbons (Fsp3) is 0.125. The maximum atomic E-state index is 9.29. The molecule has 0 radical (unpaired) electrons. The van der Waals surface area contributed by atoms with Crippen LogP contribution in [-0.4, -0.2) is 18.1 Å². The summed E-state index contributed by atoms with van der Waals surface area (Å²) >= 11 is 0. The average Bonchev–Trinajstić information content (AvgIpc) is 2.45. The van der Waals surface area contributed by atoms with Gasteiger partial charge in [0, 0.05) is 18.5 Å². The molecule has 0 saturated carbocycles. The summed E-state index contributed by atoms with van der Waals surface area (Å²) in [7, 11) is 0. The molecular weight excluding hydrogens is 234 g/mol. The summed E-state index contributed by atoms with van der Waals surface area (Å²) in [5, 5.41) is 10.3. The zero-order valence-corrected chi connectivity index (χ0v) is 10.7. The molecule has 94 valence electrons. The molecule has 1 heterocycles. The smallest absolute Gasteiger partial charge is 0.147 e. The molecule has 0 aliphatic carbocycles. The summed E-state index contributed by atoms with van der Waals surface area (Å²) in [6.07, 6.45) is 3.59. The SMILES string of the molecule is C=CCN(CC=C)c1nc2ccccc2cc1C#N. The van der Waals surface area contributed by atoms with Crippen LogP contribution in [-0.2, 0) is 0 Å². The maximum Gasteiger partial charge on any atom is 0.147 e. The fourth-order valence-electron chi connectivity index (χ4n) is 1.99. The van der Waals surface area contributed by atoms with Gasteiger partial charge in [-0.15, -0.1) is 13.2 Å². The third-order valence-electron chi connectivity index (χ3n) is 2.82. The van der Waals surface area contributed by atoms with E-state index in [1.807, 2.05) is 35.2 Å². The van der Waals surface area contributed by atoms with Crippen molar-refractivity contribution in [2.75, 3.05) is 18.0 Å². The van der Waals surface area contributed by atoms with E-state index in [1.165, 1.54) is 0 Å². The molecule has 3 nitrogen and oxygen atoms in total. The molecule has 0 unspecified atom stereocenters. The van der Waals surface area contributed by atoms with Crippen molar-refractivity contribution in [2.45, 2.75) is 0 Å². The molecule has 0 amide bonds. The van der Waals surface area contributed by atoms with Crippen molar-refractivity contribution in [2.24, 2.45) is 0 Å². The molecule has 1 aromatic carbocycles. The van der Waals surface area contributed by atoms with Gasteiger partial charge in [0.25, 0.3) is 0 Å². The van der Waals surface area contributed by atoms with E-state index in [9.17, 15) is 5.26 Å². The minimum Gasteiger partial charge on any atom is -0.348 e.